The highest BCUT2D eigenvalue weighted by Gasteiger charge is 2.38. The number of nitrogens with zero attached hydrogens (tertiary/aromatic N) is 2. The lowest BCUT2D eigenvalue weighted by atomic mass is 10.4. The van der Waals surface area contributed by atoms with Crippen LogP contribution in [0.2, 0.25) is 0 Å². The van der Waals surface area contributed by atoms with Crippen LogP contribution in [0.25, 0.3) is 0 Å². The fourth-order valence-corrected chi connectivity index (χ4v) is 3.17. The number of esters is 1. The first-order chi connectivity index (χ1) is 8.43. The topological polar surface area (TPSA) is 87.2 Å². The van der Waals surface area contributed by atoms with E-state index in [0.717, 1.165) is 17.1 Å². The third-order valence-electron chi connectivity index (χ3n) is 2.82. The highest BCUT2D eigenvalue weighted by molar-refractivity contribution is 7.86. The molecule has 1 fully saturated rings. The van der Waals surface area contributed by atoms with Crippen molar-refractivity contribution in [1.29, 1.82) is 0 Å². The van der Waals surface area contributed by atoms with Gasteiger partial charge in [-0.3, -0.25) is 4.79 Å². The zero-order chi connectivity index (χ0) is 13.8. The maximum atomic E-state index is 12.2. The first-order valence-corrected chi connectivity index (χ1v) is 7.24. The van der Waals surface area contributed by atoms with Crippen molar-refractivity contribution in [3.63, 3.8) is 0 Å². The van der Waals surface area contributed by atoms with Crippen LogP contribution in [0.5, 0.6) is 0 Å². The summed E-state index contributed by atoms with van der Waals surface area (Å²) in [5.41, 5.74) is 0. The maximum Gasteiger partial charge on any atom is 0.306 e. The van der Waals surface area contributed by atoms with Crippen molar-refractivity contribution >= 4 is 16.2 Å². The van der Waals surface area contributed by atoms with Gasteiger partial charge in [0, 0.05) is 26.2 Å². The van der Waals surface area contributed by atoms with Crippen LogP contribution < -0.4 is 0 Å². The number of methoxy groups -OCH3 is 1. The molecule has 106 valence electrons. The number of carbonyl (C=O) groups is 1. The SMILES string of the molecule is COC(=O)CCN(C)S(=O)(=O)N(CCO)C1CC1. The van der Waals surface area contributed by atoms with Gasteiger partial charge in [0.15, 0.2) is 0 Å². The highest BCUT2D eigenvalue weighted by Crippen LogP contribution is 2.29. The quantitative estimate of drug-likeness (QED) is 0.587. The van der Waals surface area contributed by atoms with E-state index < -0.39 is 16.2 Å². The molecular formula is C10H20N2O5S. The average molecular weight is 280 g/mol. The number of hydrogen-bond acceptors (Lipinski definition) is 5. The van der Waals surface area contributed by atoms with E-state index in [-0.39, 0.29) is 32.2 Å². The smallest absolute Gasteiger partial charge is 0.306 e. The Bertz CT molecular complexity index is 380. The molecule has 0 bridgehead atoms. The minimum Gasteiger partial charge on any atom is -0.469 e. The zero-order valence-corrected chi connectivity index (χ0v) is 11.5. The second-order valence-corrected chi connectivity index (χ2v) is 6.21. The van der Waals surface area contributed by atoms with E-state index in [1.165, 1.54) is 18.5 Å². The lowest BCUT2D eigenvalue weighted by Gasteiger charge is -2.26. The summed E-state index contributed by atoms with van der Waals surface area (Å²) < 4.78 is 31.3. The Kier molecular flexibility index (Phi) is 5.51. The number of carbonyl (C=O) groups excluding carboxylic acids is 1. The Morgan fingerprint density at radius 3 is 2.44 bits per heavy atom. The number of rotatable bonds is 8. The lowest BCUT2D eigenvalue weighted by Crippen LogP contribution is -2.45. The second kappa shape index (κ2) is 6.46. The Morgan fingerprint density at radius 1 is 1.39 bits per heavy atom. The van der Waals surface area contributed by atoms with Crippen molar-refractivity contribution < 1.29 is 23.1 Å². The molecule has 18 heavy (non-hydrogen) atoms. The van der Waals surface area contributed by atoms with Crippen LogP contribution in [0.15, 0.2) is 0 Å². The van der Waals surface area contributed by atoms with E-state index in [2.05, 4.69) is 4.74 Å². The summed E-state index contributed by atoms with van der Waals surface area (Å²) in [6.07, 6.45) is 1.66. The van der Waals surface area contributed by atoms with Gasteiger partial charge in [-0.15, -0.1) is 0 Å². The average Bonchev–Trinajstić information content (AvgIpc) is 3.16. The third-order valence-corrected chi connectivity index (χ3v) is 4.87. The molecule has 0 radical (unpaired) electrons. The van der Waals surface area contributed by atoms with E-state index in [1.807, 2.05) is 0 Å². The first kappa shape index (κ1) is 15.4. The van der Waals surface area contributed by atoms with Gasteiger partial charge in [-0.1, -0.05) is 0 Å². The molecular weight excluding hydrogens is 260 g/mol. The molecule has 1 saturated carbocycles. The molecule has 0 heterocycles. The predicted molar refractivity (Wildman–Crippen MR) is 65.0 cm³/mol. The van der Waals surface area contributed by atoms with E-state index in [4.69, 9.17) is 5.11 Å². The molecule has 7 nitrogen and oxygen atoms in total. The van der Waals surface area contributed by atoms with Crippen LogP contribution in [0, 0.1) is 0 Å². The van der Waals surface area contributed by atoms with Gasteiger partial charge in [-0.05, 0) is 12.8 Å². The van der Waals surface area contributed by atoms with Crippen LogP contribution in [0.4, 0.5) is 0 Å². The minimum atomic E-state index is -3.60. The van der Waals surface area contributed by atoms with Gasteiger partial charge in [0.1, 0.15) is 0 Å². The molecule has 1 aliphatic carbocycles. The van der Waals surface area contributed by atoms with Gasteiger partial charge >= 0.3 is 5.97 Å². The van der Waals surface area contributed by atoms with Crippen LogP contribution >= 0.6 is 0 Å². The van der Waals surface area contributed by atoms with E-state index in [9.17, 15) is 13.2 Å². The molecule has 0 saturated heterocycles. The third kappa shape index (κ3) is 3.91. The Hall–Kier alpha value is -0.700. The maximum absolute atomic E-state index is 12.2. The summed E-state index contributed by atoms with van der Waals surface area (Å²) in [5, 5.41) is 8.92. The Labute approximate surface area is 108 Å². The minimum absolute atomic E-state index is 0.0114. The van der Waals surface area contributed by atoms with Crippen LogP contribution in [-0.4, -0.2) is 68.0 Å². The number of aliphatic hydroxyl groups is 1. The molecule has 1 rings (SSSR count). The Balaban J connectivity index is 2.62. The normalized spacial score (nSPS) is 16.3. The number of hydrogen-bond donors (Lipinski definition) is 1. The van der Waals surface area contributed by atoms with Gasteiger partial charge in [-0.25, -0.2) is 0 Å². The highest BCUT2D eigenvalue weighted by atomic mass is 32.2. The summed E-state index contributed by atoms with van der Waals surface area (Å²) in [6.45, 7) is -0.0419. The summed E-state index contributed by atoms with van der Waals surface area (Å²) in [7, 11) is -0.920. The fraction of sp³-hybridized carbons (Fsp3) is 0.900. The number of ether oxygens (including phenoxy) is 1. The van der Waals surface area contributed by atoms with Crippen molar-refractivity contribution in [2.24, 2.45) is 0 Å². The summed E-state index contributed by atoms with van der Waals surface area (Å²) in [5.74, 6) is -0.447. The molecule has 0 atom stereocenters. The van der Waals surface area contributed by atoms with E-state index >= 15 is 0 Å². The van der Waals surface area contributed by atoms with Crippen LogP contribution in [0.1, 0.15) is 19.3 Å². The summed E-state index contributed by atoms with van der Waals surface area (Å²) >= 11 is 0. The van der Waals surface area contributed by atoms with Crippen molar-refractivity contribution in [3.05, 3.63) is 0 Å². The second-order valence-electron chi connectivity index (χ2n) is 4.22. The molecule has 1 aliphatic rings. The molecule has 0 aromatic rings. The van der Waals surface area contributed by atoms with Gasteiger partial charge in [0.05, 0.1) is 20.1 Å². The van der Waals surface area contributed by atoms with Gasteiger partial charge in [-0.2, -0.15) is 17.0 Å². The van der Waals surface area contributed by atoms with Crippen molar-refractivity contribution in [2.75, 3.05) is 33.9 Å². The molecule has 0 spiro atoms. The largest absolute Gasteiger partial charge is 0.469 e. The van der Waals surface area contributed by atoms with Crippen molar-refractivity contribution in [1.82, 2.24) is 8.61 Å². The standard InChI is InChI=1S/C10H20N2O5S/c1-11(6-5-10(14)17-2)18(15,16)12(7-8-13)9-3-4-9/h9,13H,3-8H2,1-2H3. The fourth-order valence-electron chi connectivity index (χ4n) is 1.59. The predicted octanol–water partition coefficient (Wildman–Crippen LogP) is -0.817. The molecule has 1 N–H and O–H groups in total. The van der Waals surface area contributed by atoms with Crippen molar-refractivity contribution in [3.8, 4) is 0 Å². The number of aliphatic hydroxyl groups excluding tert-OH is 1. The van der Waals surface area contributed by atoms with Crippen LogP contribution in [-0.2, 0) is 19.7 Å². The van der Waals surface area contributed by atoms with Gasteiger partial charge in [0.2, 0.25) is 0 Å². The molecule has 0 aliphatic heterocycles. The monoisotopic (exact) mass is 280 g/mol. The van der Waals surface area contributed by atoms with Gasteiger partial charge < -0.3 is 9.84 Å². The molecule has 0 unspecified atom stereocenters. The zero-order valence-electron chi connectivity index (χ0n) is 10.7. The molecule has 8 heteroatoms. The first-order valence-electron chi connectivity index (χ1n) is 5.84. The lowest BCUT2D eigenvalue weighted by molar-refractivity contribution is -0.140. The summed E-state index contributed by atoms with van der Waals surface area (Å²) in [6, 6.07) is -0.0114. The van der Waals surface area contributed by atoms with E-state index in [0.29, 0.717) is 0 Å². The summed E-state index contributed by atoms with van der Waals surface area (Å²) in [4.78, 5) is 11.0. The van der Waals surface area contributed by atoms with E-state index in [1.54, 1.807) is 0 Å². The van der Waals surface area contributed by atoms with Crippen LogP contribution in [0.3, 0.4) is 0 Å². The Morgan fingerprint density at radius 2 is 2.00 bits per heavy atom. The van der Waals surface area contributed by atoms with Gasteiger partial charge in [0.25, 0.3) is 10.2 Å². The molecule has 0 amide bonds. The molecule has 0 aromatic carbocycles. The molecule has 0 aromatic heterocycles. The van der Waals surface area contributed by atoms with Crippen molar-refractivity contribution in [2.45, 2.75) is 25.3 Å².